The largest absolute Gasteiger partial charge is 0.496 e. The van der Waals surface area contributed by atoms with Crippen molar-refractivity contribution in [3.8, 4) is 28.7 Å². The standard InChI is InChI=1S/C25H18Cl2F3N3O5/c1-37-21-9-18(27)14(16-11-32-22(25(28,29)30)7-13(16)10-31)8-15(21)19(34)12-33-24-17(26)3-2-4-20(24)38-6-5-23(35)36/h2-4,7-9,11,33H,5-6,12H2,1H3,(H,35,36). The maximum Gasteiger partial charge on any atom is 0.433 e. The minimum Gasteiger partial charge on any atom is -0.496 e. The molecule has 3 rings (SSSR count). The molecule has 0 unspecified atom stereocenters. The molecule has 0 spiro atoms. The van der Waals surface area contributed by atoms with Crippen molar-refractivity contribution in [3.63, 3.8) is 0 Å². The Kier molecular flexibility index (Phi) is 9.04. The van der Waals surface area contributed by atoms with E-state index in [1.165, 1.54) is 19.2 Å². The number of pyridine rings is 1. The summed E-state index contributed by atoms with van der Waals surface area (Å²) in [6, 6.07) is 9.58. The molecule has 13 heteroatoms. The minimum atomic E-state index is -4.75. The number of methoxy groups -OCH3 is 1. The van der Waals surface area contributed by atoms with Crippen LogP contribution in [0.3, 0.4) is 0 Å². The number of rotatable bonds is 10. The van der Waals surface area contributed by atoms with E-state index in [0.29, 0.717) is 6.07 Å². The van der Waals surface area contributed by atoms with Crippen LogP contribution in [0, 0.1) is 11.3 Å². The van der Waals surface area contributed by atoms with Gasteiger partial charge in [0.2, 0.25) is 0 Å². The van der Waals surface area contributed by atoms with E-state index < -0.39 is 23.6 Å². The molecule has 0 fully saturated rings. The molecule has 0 aliphatic rings. The highest BCUT2D eigenvalue weighted by molar-refractivity contribution is 6.34. The lowest BCUT2D eigenvalue weighted by molar-refractivity contribution is -0.141. The molecule has 3 aromatic rings. The van der Waals surface area contributed by atoms with Crippen LogP contribution in [0.5, 0.6) is 11.5 Å². The van der Waals surface area contributed by atoms with Gasteiger partial charge in [-0.15, -0.1) is 0 Å². The quantitative estimate of drug-likeness (QED) is 0.282. The molecule has 0 aliphatic heterocycles. The first-order valence-electron chi connectivity index (χ1n) is 10.7. The molecule has 198 valence electrons. The molecule has 0 amide bonds. The van der Waals surface area contributed by atoms with Crippen molar-refractivity contribution in [2.45, 2.75) is 12.6 Å². The van der Waals surface area contributed by atoms with Gasteiger partial charge < -0.3 is 19.9 Å². The minimum absolute atomic E-state index is 0.00428. The number of aromatic nitrogens is 1. The van der Waals surface area contributed by atoms with E-state index >= 15 is 0 Å². The number of ketones is 1. The van der Waals surface area contributed by atoms with Crippen molar-refractivity contribution in [2.75, 3.05) is 25.6 Å². The summed E-state index contributed by atoms with van der Waals surface area (Å²) in [6.45, 7) is -0.456. The van der Waals surface area contributed by atoms with Gasteiger partial charge in [0.05, 0.1) is 59.6 Å². The summed E-state index contributed by atoms with van der Waals surface area (Å²) < 4.78 is 49.9. The highest BCUT2D eigenvalue weighted by Gasteiger charge is 2.33. The predicted molar refractivity (Wildman–Crippen MR) is 133 cm³/mol. The Labute approximate surface area is 224 Å². The second-order valence-corrected chi connectivity index (χ2v) is 8.45. The molecule has 8 nitrogen and oxygen atoms in total. The number of alkyl halides is 3. The summed E-state index contributed by atoms with van der Waals surface area (Å²) in [4.78, 5) is 27.3. The molecule has 0 atom stereocenters. The molecule has 2 aromatic carbocycles. The monoisotopic (exact) mass is 567 g/mol. The van der Waals surface area contributed by atoms with Gasteiger partial charge in [-0.05, 0) is 24.3 Å². The highest BCUT2D eigenvalue weighted by atomic mass is 35.5. The number of carboxylic acid groups (broad SMARTS) is 1. The number of hydrogen-bond donors (Lipinski definition) is 2. The number of ether oxygens (including phenoxy) is 2. The van der Waals surface area contributed by atoms with E-state index in [9.17, 15) is 28.0 Å². The van der Waals surface area contributed by atoms with Gasteiger partial charge in [-0.2, -0.15) is 18.4 Å². The fraction of sp³-hybridized carbons (Fsp3) is 0.200. The number of carboxylic acids is 1. The number of carbonyl (C=O) groups excluding carboxylic acids is 1. The summed E-state index contributed by atoms with van der Waals surface area (Å²) in [5.74, 6) is -1.26. The van der Waals surface area contributed by atoms with Crippen LogP contribution >= 0.6 is 23.2 Å². The van der Waals surface area contributed by atoms with Crippen molar-refractivity contribution in [1.29, 1.82) is 5.26 Å². The van der Waals surface area contributed by atoms with Crippen molar-refractivity contribution in [2.24, 2.45) is 0 Å². The van der Waals surface area contributed by atoms with Crippen LogP contribution in [-0.2, 0) is 11.0 Å². The Hall–Kier alpha value is -4.01. The normalized spacial score (nSPS) is 11.0. The number of nitrogens with zero attached hydrogens (tertiary/aromatic N) is 2. The summed E-state index contributed by atoms with van der Waals surface area (Å²) in [5, 5.41) is 21.3. The van der Waals surface area contributed by atoms with Crippen LogP contribution in [0.15, 0.2) is 42.6 Å². The number of aliphatic carboxylic acids is 1. The van der Waals surface area contributed by atoms with Crippen molar-refractivity contribution in [1.82, 2.24) is 4.98 Å². The Balaban J connectivity index is 1.94. The van der Waals surface area contributed by atoms with Crippen LogP contribution < -0.4 is 14.8 Å². The first-order chi connectivity index (χ1) is 18.0. The van der Waals surface area contributed by atoms with Gasteiger partial charge in [0, 0.05) is 23.4 Å². The van der Waals surface area contributed by atoms with Gasteiger partial charge in [-0.3, -0.25) is 14.6 Å². The maximum atomic E-state index is 13.2. The molecule has 1 aromatic heterocycles. The number of para-hydroxylation sites is 1. The van der Waals surface area contributed by atoms with E-state index in [1.54, 1.807) is 24.3 Å². The van der Waals surface area contributed by atoms with E-state index in [1.807, 2.05) is 0 Å². The zero-order valence-electron chi connectivity index (χ0n) is 19.5. The zero-order valence-corrected chi connectivity index (χ0v) is 21.0. The molecule has 1 heterocycles. The first-order valence-corrected chi connectivity index (χ1v) is 11.5. The van der Waals surface area contributed by atoms with Gasteiger partial charge in [-0.25, -0.2) is 0 Å². The molecule has 0 bridgehead atoms. The summed E-state index contributed by atoms with van der Waals surface area (Å²) in [7, 11) is 1.30. The van der Waals surface area contributed by atoms with Crippen LogP contribution in [0.2, 0.25) is 10.0 Å². The molecule has 0 radical (unpaired) electrons. The third kappa shape index (κ3) is 6.65. The van der Waals surface area contributed by atoms with Gasteiger partial charge in [-0.1, -0.05) is 29.3 Å². The van der Waals surface area contributed by atoms with Gasteiger partial charge >= 0.3 is 12.1 Å². The van der Waals surface area contributed by atoms with Gasteiger partial charge in [0.15, 0.2) is 5.78 Å². The highest BCUT2D eigenvalue weighted by Crippen LogP contribution is 2.38. The van der Waals surface area contributed by atoms with E-state index in [-0.39, 0.29) is 69.1 Å². The second kappa shape index (κ2) is 12.0. The maximum absolute atomic E-state index is 13.2. The van der Waals surface area contributed by atoms with Crippen LogP contribution in [-0.4, -0.2) is 42.1 Å². The molecular formula is C25H18Cl2F3N3O5. The first kappa shape index (κ1) is 28.6. The van der Waals surface area contributed by atoms with Gasteiger partial charge in [0.1, 0.15) is 17.2 Å². The Bertz CT molecular complexity index is 1420. The van der Waals surface area contributed by atoms with Crippen LogP contribution in [0.25, 0.3) is 11.1 Å². The summed E-state index contributed by atoms with van der Waals surface area (Å²) in [5.41, 5.74) is -1.22. The van der Waals surface area contributed by atoms with Crippen molar-refractivity contribution < 1.29 is 37.3 Å². The van der Waals surface area contributed by atoms with Crippen LogP contribution in [0.4, 0.5) is 18.9 Å². The SMILES string of the molecule is COc1cc(Cl)c(-c2cnc(C(F)(F)F)cc2C#N)cc1C(=O)CNc1c(Cl)cccc1OCCC(=O)O. The fourth-order valence-corrected chi connectivity index (χ4v) is 3.86. The van der Waals surface area contributed by atoms with Gasteiger partial charge in [0.25, 0.3) is 0 Å². The van der Waals surface area contributed by atoms with E-state index in [4.69, 9.17) is 37.8 Å². The molecule has 38 heavy (non-hydrogen) atoms. The smallest absolute Gasteiger partial charge is 0.433 e. The Morgan fingerprint density at radius 3 is 2.50 bits per heavy atom. The molecule has 0 aliphatic carbocycles. The number of benzene rings is 2. The lowest BCUT2D eigenvalue weighted by Gasteiger charge is -2.16. The third-order valence-corrected chi connectivity index (χ3v) is 5.80. The average molecular weight is 568 g/mol. The third-order valence-electron chi connectivity index (χ3n) is 5.17. The van der Waals surface area contributed by atoms with Crippen LogP contribution in [0.1, 0.15) is 28.0 Å². The lowest BCUT2D eigenvalue weighted by atomic mass is 9.97. The number of anilines is 1. The molecule has 0 saturated carbocycles. The van der Waals surface area contributed by atoms with Crippen molar-refractivity contribution >= 4 is 40.6 Å². The number of carbonyl (C=O) groups is 2. The van der Waals surface area contributed by atoms with E-state index in [0.717, 1.165) is 6.20 Å². The Morgan fingerprint density at radius 1 is 1.13 bits per heavy atom. The topological polar surface area (TPSA) is 122 Å². The number of nitriles is 1. The lowest BCUT2D eigenvalue weighted by Crippen LogP contribution is -2.16. The number of Topliss-reactive ketones (excluding diaryl/α,β-unsaturated/α-hetero) is 1. The molecule has 2 N–H and O–H groups in total. The number of halogens is 5. The average Bonchev–Trinajstić information content (AvgIpc) is 2.86. The Morgan fingerprint density at radius 2 is 1.87 bits per heavy atom. The fourth-order valence-electron chi connectivity index (χ4n) is 3.37. The predicted octanol–water partition coefficient (Wildman–Crippen LogP) is 6.10. The van der Waals surface area contributed by atoms with Crippen molar-refractivity contribution in [3.05, 3.63) is 69.5 Å². The molecule has 0 saturated heterocycles. The summed E-state index contributed by atoms with van der Waals surface area (Å²) in [6.07, 6.45) is -4.14. The molecular weight excluding hydrogens is 550 g/mol. The zero-order chi connectivity index (χ0) is 28.0. The summed E-state index contributed by atoms with van der Waals surface area (Å²) >= 11 is 12.6. The second-order valence-electron chi connectivity index (χ2n) is 7.64. The number of hydrogen-bond acceptors (Lipinski definition) is 7. The van der Waals surface area contributed by atoms with E-state index in [2.05, 4.69) is 10.3 Å². The number of nitrogens with one attached hydrogen (secondary N) is 1.